The van der Waals surface area contributed by atoms with Gasteiger partial charge < -0.3 is 11.1 Å². The minimum absolute atomic E-state index is 0.327. The molecule has 0 aliphatic carbocycles. The summed E-state index contributed by atoms with van der Waals surface area (Å²) >= 11 is 5.09. The first kappa shape index (κ1) is 17.4. The lowest BCUT2D eigenvalue weighted by atomic mass is 10.1. The summed E-state index contributed by atoms with van der Waals surface area (Å²) in [5, 5.41) is 3.33. The average Bonchev–Trinajstić information content (AvgIpc) is 2.60. The van der Waals surface area contributed by atoms with E-state index in [1.54, 1.807) is 0 Å². The predicted molar refractivity (Wildman–Crippen MR) is 96.3 cm³/mol. The van der Waals surface area contributed by atoms with Crippen LogP contribution in [-0.2, 0) is 6.42 Å². The number of hydrogen-bond donors (Lipinski definition) is 4. The van der Waals surface area contributed by atoms with Gasteiger partial charge in [0.05, 0.1) is 0 Å². The van der Waals surface area contributed by atoms with Gasteiger partial charge >= 0.3 is 0 Å². The second-order valence-electron chi connectivity index (χ2n) is 5.01. The third-order valence-corrected chi connectivity index (χ3v) is 3.51. The van der Waals surface area contributed by atoms with E-state index in [2.05, 4.69) is 16.2 Å². The molecule has 2 aromatic rings. The van der Waals surface area contributed by atoms with Crippen molar-refractivity contribution in [1.82, 2.24) is 16.2 Å². The van der Waals surface area contributed by atoms with Gasteiger partial charge in [0, 0.05) is 17.7 Å². The van der Waals surface area contributed by atoms with Crippen LogP contribution in [0.25, 0.3) is 0 Å². The maximum absolute atomic E-state index is 11.9. The van der Waals surface area contributed by atoms with Gasteiger partial charge in [-0.15, -0.1) is 0 Å². The highest BCUT2D eigenvalue weighted by molar-refractivity contribution is 7.80. The van der Waals surface area contributed by atoms with Crippen LogP contribution in [0.1, 0.15) is 26.3 Å². The predicted octanol–water partition coefficient (Wildman–Crippen LogP) is 1.14. The molecule has 2 rings (SSSR count). The molecule has 7 heteroatoms. The van der Waals surface area contributed by atoms with Crippen molar-refractivity contribution in [2.45, 2.75) is 6.42 Å². The average molecular weight is 342 g/mol. The van der Waals surface area contributed by atoms with Crippen molar-refractivity contribution in [3.05, 3.63) is 71.3 Å². The quantitative estimate of drug-likeness (QED) is 0.483. The lowest BCUT2D eigenvalue weighted by Gasteiger charge is -2.11. The molecule has 0 aromatic heterocycles. The number of amides is 2. The Morgan fingerprint density at radius 2 is 1.54 bits per heavy atom. The Hall–Kier alpha value is -2.93. The van der Waals surface area contributed by atoms with E-state index in [1.165, 1.54) is 29.8 Å². The number of thiocarbonyl (C=S) groups is 1. The van der Waals surface area contributed by atoms with Crippen LogP contribution < -0.4 is 21.9 Å². The second kappa shape index (κ2) is 8.64. The standard InChI is InChI=1S/C17H18N4O2S/c18-15(22)13-6-8-14(9-7-13)16(23)20-21-17(24)19-11-10-12-4-2-1-3-5-12/h1-9H,10-11H2,(H2,18,22)(H,20,23)(H2,19,21,24). The Labute approximate surface area is 145 Å². The molecule has 0 heterocycles. The topological polar surface area (TPSA) is 96.2 Å². The van der Waals surface area contributed by atoms with Crippen LogP contribution in [0.4, 0.5) is 0 Å². The minimum Gasteiger partial charge on any atom is -0.366 e. The van der Waals surface area contributed by atoms with Gasteiger partial charge in [0.2, 0.25) is 5.91 Å². The van der Waals surface area contributed by atoms with Crippen molar-refractivity contribution in [3.63, 3.8) is 0 Å². The molecule has 0 aliphatic heterocycles. The van der Waals surface area contributed by atoms with Gasteiger partial charge in [-0.1, -0.05) is 30.3 Å². The summed E-state index contributed by atoms with van der Waals surface area (Å²) in [6, 6.07) is 16.0. The van der Waals surface area contributed by atoms with E-state index in [0.29, 0.717) is 22.8 Å². The zero-order valence-corrected chi connectivity index (χ0v) is 13.7. The molecule has 0 spiro atoms. The number of hydrogen-bond acceptors (Lipinski definition) is 3. The number of primary amides is 1. The molecule has 0 aliphatic rings. The number of rotatable bonds is 5. The molecule has 0 saturated heterocycles. The summed E-state index contributed by atoms with van der Waals surface area (Å²) < 4.78 is 0. The monoisotopic (exact) mass is 342 g/mol. The van der Waals surface area contributed by atoms with Gasteiger partial charge in [0.25, 0.3) is 5.91 Å². The Kier molecular flexibility index (Phi) is 6.27. The van der Waals surface area contributed by atoms with Crippen molar-refractivity contribution in [2.24, 2.45) is 5.73 Å². The van der Waals surface area contributed by atoms with Crippen molar-refractivity contribution in [1.29, 1.82) is 0 Å². The Morgan fingerprint density at radius 1 is 0.917 bits per heavy atom. The third-order valence-electron chi connectivity index (χ3n) is 3.26. The molecule has 0 saturated carbocycles. The van der Waals surface area contributed by atoms with Gasteiger partial charge in [-0.05, 0) is 48.5 Å². The third kappa shape index (κ3) is 5.36. The Morgan fingerprint density at radius 3 is 2.17 bits per heavy atom. The van der Waals surface area contributed by atoms with Gasteiger partial charge in [-0.25, -0.2) is 0 Å². The van der Waals surface area contributed by atoms with Gasteiger partial charge in [-0.3, -0.25) is 20.4 Å². The lowest BCUT2D eigenvalue weighted by molar-refractivity contribution is 0.0941. The van der Waals surface area contributed by atoms with E-state index in [4.69, 9.17) is 18.0 Å². The van der Waals surface area contributed by atoms with Gasteiger partial charge in [0.1, 0.15) is 0 Å². The first-order chi connectivity index (χ1) is 11.6. The molecule has 2 amide bonds. The molecule has 6 nitrogen and oxygen atoms in total. The molecule has 0 fully saturated rings. The van der Waals surface area contributed by atoms with Crippen LogP contribution in [0.3, 0.4) is 0 Å². The molecule has 5 N–H and O–H groups in total. The second-order valence-corrected chi connectivity index (χ2v) is 5.42. The Balaban J connectivity index is 1.72. The highest BCUT2D eigenvalue weighted by Gasteiger charge is 2.07. The van der Waals surface area contributed by atoms with Crippen molar-refractivity contribution >= 4 is 29.1 Å². The smallest absolute Gasteiger partial charge is 0.269 e. The van der Waals surface area contributed by atoms with Crippen LogP contribution >= 0.6 is 12.2 Å². The summed E-state index contributed by atoms with van der Waals surface area (Å²) in [6.07, 6.45) is 0.825. The van der Waals surface area contributed by atoms with Crippen molar-refractivity contribution in [3.8, 4) is 0 Å². The summed E-state index contributed by atoms with van der Waals surface area (Å²) in [5.41, 5.74) is 12.2. The largest absolute Gasteiger partial charge is 0.366 e. The van der Waals surface area contributed by atoms with E-state index in [1.807, 2.05) is 30.3 Å². The van der Waals surface area contributed by atoms with E-state index >= 15 is 0 Å². The summed E-state index contributed by atoms with van der Waals surface area (Å²) in [5.74, 6) is -0.901. The first-order valence-electron chi connectivity index (χ1n) is 7.34. The number of carbonyl (C=O) groups is 2. The molecule has 0 bridgehead atoms. The number of nitrogens with two attached hydrogens (primary N) is 1. The number of benzene rings is 2. The van der Waals surface area contributed by atoms with Crippen LogP contribution in [0.2, 0.25) is 0 Å². The maximum Gasteiger partial charge on any atom is 0.269 e. The SMILES string of the molecule is NC(=O)c1ccc(C(=O)NNC(=S)NCCc2ccccc2)cc1. The minimum atomic E-state index is -0.538. The number of hydrazine groups is 1. The molecule has 24 heavy (non-hydrogen) atoms. The normalized spacial score (nSPS) is 9.83. The maximum atomic E-state index is 11.9. The van der Waals surface area contributed by atoms with Crippen molar-refractivity contribution < 1.29 is 9.59 Å². The van der Waals surface area contributed by atoms with Crippen LogP contribution in [-0.4, -0.2) is 23.5 Å². The van der Waals surface area contributed by atoms with Crippen molar-refractivity contribution in [2.75, 3.05) is 6.54 Å². The zero-order chi connectivity index (χ0) is 17.4. The van der Waals surface area contributed by atoms with E-state index < -0.39 is 5.91 Å². The molecule has 124 valence electrons. The van der Waals surface area contributed by atoms with Gasteiger partial charge in [0.15, 0.2) is 5.11 Å². The lowest BCUT2D eigenvalue weighted by Crippen LogP contribution is -2.47. The van der Waals surface area contributed by atoms with Crippen LogP contribution in [0.5, 0.6) is 0 Å². The van der Waals surface area contributed by atoms with E-state index in [9.17, 15) is 9.59 Å². The highest BCUT2D eigenvalue weighted by atomic mass is 32.1. The summed E-state index contributed by atoms with van der Waals surface area (Å²) in [4.78, 5) is 22.9. The van der Waals surface area contributed by atoms with Crippen LogP contribution in [0.15, 0.2) is 54.6 Å². The fourth-order valence-electron chi connectivity index (χ4n) is 1.98. The Bertz CT molecular complexity index is 717. The molecular weight excluding hydrogens is 324 g/mol. The number of nitrogens with one attached hydrogen (secondary N) is 3. The molecule has 0 radical (unpaired) electrons. The first-order valence-corrected chi connectivity index (χ1v) is 7.75. The molecular formula is C17H18N4O2S. The van der Waals surface area contributed by atoms with E-state index in [-0.39, 0.29) is 5.91 Å². The molecule has 0 atom stereocenters. The van der Waals surface area contributed by atoms with E-state index in [0.717, 1.165) is 6.42 Å². The van der Waals surface area contributed by atoms with Crippen LogP contribution in [0, 0.1) is 0 Å². The zero-order valence-electron chi connectivity index (χ0n) is 12.9. The summed E-state index contributed by atoms with van der Waals surface area (Å²) in [6.45, 7) is 0.652. The van der Waals surface area contributed by atoms with Gasteiger partial charge in [-0.2, -0.15) is 0 Å². The number of carbonyl (C=O) groups excluding carboxylic acids is 2. The highest BCUT2D eigenvalue weighted by Crippen LogP contribution is 2.03. The molecule has 2 aromatic carbocycles. The fourth-order valence-corrected chi connectivity index (χ4v) is 2.13. The summed E-state index contributed by atoms with van der Waals surface area (Å²) in [7, 11) is 0. The molecule has 0 unspecified atom stereocenters. The fraction of sp³-hybridized carbons (Fsp3) is 0.118.